The van der Waals surface area contributed by atoms with Crippen LogP contribution in [0, 0.1) is 0 Å². The summed E-state index contributed by atoms with van der Waals surface area (Å²) < 4.78 is 1.90. The fourth-order valence-corrected chi connectivity index (χ4v) is 0.708. The smallest absolute Gasteiger partial charge is 0.0950 e. The van der Waals surface area contributed by atoms with Crippen LogP contribution in [0.1, 0.15) is 5.69 Å². The van der Waals surface area contributed by atoms with Crippen LogP contribution in [0.25, 0.3) is 6.08 Å². The third-order valence-corrected chi connectivity index (χ3v) is 1.15. The zero-order chi connectivity index (χ0) is 7.40. The van der Waals surface area contributed by atoms with Crippen LogP contribution in [0.5, 0.6) is 0 Å². The molecule has 54 valence electrons. The van der Waals surface area contributed by atoms with E-state index in [1.165, 1.54) is 0 Å². The van der Waals surface area contributed by atoms with Crippen molar-refractivity contribution < 1.29 is 0 Å². The molecule has 3 heteroatoms. The van der Waals surface area contributed by atoms with Gasteiger partial charge in [0.05, 0.1) is 12.0 Å². The highest BCUT2D eigenvalue weighted by atomic mass is 15.0. The Bertz CT molecular complexity index is 225. The number of aryl methyl sites for hydroxylation is 1. The Morgan fingerprint density at radius 2 is 2.60 bits per heavy atom. The van der Waals surface area contributed by atoms with E-state index in [0.29, 0.717) is 6.54 Å². The molecule has 0 aliphatic carbocycles. The van der Waals surface area contributed by atoms with Crippen LogP contribution >= 0.6 is 0 Å². The minimum Gasteiger partial charge on any atom is -0.340 e. The van der Waals surface area contributed by atoms with Gasteiger partial charge in [0.2, 0.25) is 0 Å². The third kappa shape index (κ3) is 1.70. The SMILES string of the molecule is Cn1cnc(/C=C/CN)c1. The predicted molar refractivity (Wildman–Crippen MR) is 41.3 cm³/mol. The summed E-state index contributed by atoms with van der Waals surface area (Å²) in [4.78, 5) is 4.07. The van der Waals surface area contributed by atoms with Crippen molar-refractivity contribution in [2.24, 2.45) is 12.8 Å². The highest BCUT2D eigenvalue weighted by Crippen LogP contribution is 1.95. The summed E-state index contributed by atoms with van der Waals surface area (Å²) in [5, 5.41) is 0. The number of imidazole rings is 1. The number of nitrogens with zero attached hydrogens (tertiary/aromatic N) is 2. The molecule has 0 aromatic carbocycles. The van der Waals surface area contributed by atoms with Crippen LogP contribution in [0.2, 0.25) is 0 Å². The summed E-state index contributed by atoms with van der Waals surface area (Å²) in [6.45, 7) is 0.566. The minimum absolute atomic E-state index is 0.566. The van der Waals surface area contributed by atoms with Gasteiger partial charge in [-0.05, 0) is 6.08 Å². The van der Waals surface area contributed by atoms with Gasteiger partial charge in [0.25, 0.3) is 0 Å². The average molecular weight is 137 g/mol. The highest BCUT2D eigenvalue weighted by Gasteiger charge is 1.87. The summed E-state index contributed by atoms with van der Waals surface area (Å²) in [5.41, 5.74) is 6.21. The van der Waals surface area contributed by atoms with Gasteiger partial charge in [0.15, 0.2) is 0 Å². The Morgan fingerprint density at radius 3 is 3.10 bits per heavy atom. The van der Waals surface area contributed by atoms with Gasteiger partial charge in [-0.3, -0.25) is 0 Å². The van der Waals surface area contributed by atoms with Crippen molar-refractivity contribution in [3.8, 4) is 0 Å². The van der Waals surface area contributed by atoms with Crippen molar-refractivity contribution >= 4 is 6.08 Å². The lowest BCUT2D eigenvalue weighted by Gasteiger charge is -1.81. The van der Waals surface area contributed by atoms with E-state index in [-0.39, 0.29) is 0 Å². The lowest BCUT2D eigenvalue weighted by Crippen LogP contribution is -1.91. The van der Waals surface area contributed by atoms with Crippen LogP contribution in [0.3, 0.4) is 0 Å². The number of aromatic nitrogens is 2. The predicted octanol–water partition coefficient (Wildman–Crippen LogP) is 0.392. The van der Waals surface area contributed by atoms with Crippen molar-refractivity contribution in [3.05, 3.63) is 24.3 Å². The summed E-state index contributed by atoms with van der Waals surface area (Å²) in [5.74, 6) is 0. The molecule has 2 N–H and O–H groups in total. The first kappa shape index (κ1) is 7.02. The minimum atomic E-state index is 0.566. The molecule has 1 aromatic heterocycles. The van der Waals surface area contributed by atoms with Crippen LogP contribution in [-0.4, -0.2) is 16.1 Å². The second-order valence-electron chi connectivity index (χ2n) is 2.10. The van der Waals surface area contributed by atoms with Gasteiger partial charge in [-0.1, -0.05) is 6.08 Å². The normalized spacial score (nSPS) is 11.0. The van der Waals surface area contributed by atoms with E-state index in [9.17, 15) is 0 Å². The third-order valence-electron chi connectivity index (χ3n) is 1.15. The van der Waals surface area contributed by atoms with Crippen LogP contribution in [0.4, 0.5) is 0 Å². The summed E-state index contributed by atoms with van der Waals surface area (Å²) >= 11 is 0. The van der Waals surface area contributed by atoms with E-state index in [4.69, 9.17) is 5.73 Å². The maximum absolute atomic E-state index is 5.26. The van der Waals surface area contributed by atoms with E-state index in [1.54, 1.807) is 6.33 Å². The maximum atomic E-state index is 5.26. The van der Waals surface area contributed by atoms with E-state index in [2.05, 4.69) is 4.98 Å². The van der Waals surface area contributed by atoms with E-state index in [1.807, 2.05) is 30.0 Å². The molecule has 1 rings (SSSR count). The van der Waals surface area contributed by atoms with Crippen molar-refractivity contribution in [3.63, 3.8) is 0 Å². The van der Waals surface area contributed by atoms with Gasteiger partial charge in [-0.25, -0.2) is 4.98 Å². The molecule has 0 saturated heterocycles. The Balaban J connectivity index is 2.67. The molecule has 0 unspecified atom stereocenters. The lowest BCUT2D eigenvalue weighted by atomic mass is 10.4. The Labute approximate surface area is 60.2 Å². The van der Waals surface area contributed by atoms with Crippen molar-refractivity contribution in [1.29, 1.82) is 0 Å². The van der Waals surface area contributed by atoms with Gasteiger partial charge in [-0.15, -0.1) is 0 Å². The largest absolute Gasteiger partial charge is 0.340 e. The van der Waals surface area contributed by atoms with Crippen molar-refractivity contribution in [1.82, 2.24) is 9.55 Å². The van der Waals surface area contributed by atoms with Gasteiger partial charge < -0.3 is 10.3 Å². The molecule has 0 fully saturated rings. The topological polar surface area (TPSA) is 43.8 Å². The zero-order valence-electron chi connectivity index (χ0n) is 5.99. The van der Waals surface area contributed by atoms with Crippen LogP contribution in [0.15, 0.2) is 18.6 Å². The van der Waals surface area contributed by atoms with Gasteiger partial charge in [0.1, 0.15) is 0 Å². The summed E-state index contributed by atoms with van der Waals surface area (Å²) in [7, 11) is 1.94. The second kappa shape index (κ2) is 3.17. The summed E-state index contributed by atoms with van der Waals surface area (Å²) in [6.07, 6.45) is 7.48. The van der Waals surface area contributed by atoms with E-state index in [0.717, 1.165) is 5.69 Å². The standard InChI is InChI=1S/C7H11N3/c1-10-5-7(9-6-10)3-2-4-8/h2-3,5-6H,4,8H2,1H3/b3-2+. The molecule has 3 nitrogen and oxygen atoms in total. The molecule has 0 saturated carbocycles. The first-order chi connectivity index (χ1) is 4.83. The Hall–Kier alpha value is -1.09. The number of hydrogen-bond acceptors (Lipinski definition) is 2. The molecule has 0 amide bonds. The van der Waals surface area contributed by atoms with E-state index < -0.39 is 0 Å². The van der Waals surface area contributed by atoms with Crippen LogP contribution in [-0.2, 0) is 7.05 Å². The molecule has 0 radical (unpaired) electrons. The number of hydrogen-bond donors (Lipinski definition) is 1. The molecule has 0 aliphatic rings. The Morgan fingerprint density at radius 1 is 1.80 bits per heavy atom. The van der Waals surface area contributed by atoms with Crippen molar-refractivity contribution in [2.45, 2.75) is 0 Å². The average Bonchev–Trinajstić information content (AvgIpc) is 2.31. The fraction of sp³-hybridized carbons (Fsp3) is 0.286. The molecular weight excluding hydrogens is 126 g/mol. The maximum Gasteiger partial charge on any atom is 0.0950 e. The van der Waals surface area contributed by atoms with Gasteiger partial charge in [-0.2, -0.15) is 0 Å². The quantitative estimate of drug-likeness (QED) is 0.641. The monoisotopic (exact) mass is 137 g/mol. The lowest BCUT2D eigenvalue weighted by molar-refractivity contribution is 0.913. The summed E-state index contributed by atoms with van der Waals surface area (Å²) in [6, 6.07) is 0. The molecule has 10 heavy (non-hydrogen) atoms. The van der Waals surface area contributed by atoms with Crippen molar-refractivity contribution in [2.75, 3.05) is 6.54 Å². The molecule has 1 aromatic rings. The molecule has 0 atom stereocenters. The first-order valence-electron chi connectivity index (χ1n) is 3.17. The number of rotatable bonds is 2. The molecule has 0 aliphatic heterocycles. The molecule has 0 spiro atoms. The first-order valence-corrected chi connectivity index (χ1v) is 3.17. The highest BCUT2D eigenvalue weighted by molar-refractivity contribution is 5.42. The van der Waals surface area contributed by atoms with E-state index >= 15 is 0 Å². The van der Waals surface area contributed by atoms with Gasteiger partial charge >= 0.3 is 0 Å². The van der Waals surface area contributed by atoms with Gasteiger partial charge in [0, 0.05) is 19.8 Å². The zero-order valence-corrected chi connectivity index (χ0v) is 5.99. The van der Waals surface area contributed by atoms with Crippen LogP contribution < -0.4 is 5.73 Å². The molecular formula is C7H11N3. The second-order valence-corrected chi connectivity index (χ2v) is 2.10. The Kier molecular flexibility index (Phi) is 2.23. The fourth-order valence-electron chi connectivity index (χ4n) is 0.708. The molecule has 1 heterocycles. The number of nitrogens with two attached hydrogens (primary N) is 1. The molecule has 0 bridgehead atoms.